The highest BCUT2D eigenvalue weighted by atomic mass is 32.1. The molecule has 8 heteroatoms. The number of thiocarbonyl (C=S) groups is 1. The Kier molecular flexibility index (Phi) is 6.97. The molecule has 0 aliphatic rings. The van der Waals surface area contributed by atoms with E-state index in [0.29, 0.717) is 11.3 Å². The van der Waals surface area contributed by atoms with E-state index < -0.39 is 18.9 Å². The maximum Gasteiger partial charge on any atom is 0.260 e. The van der Waals surface area contributed by atoms with Gasteiger partial charge in [-0.3, -0.25) is 4.79 Å². The Morgan fingerprint density at radius 3 is 2.48 bits per heavy atom. The highest BCUT2D eigenvalue weighted by Gasteiger charge is 2.18. The molecule has 5 nitrogen and oxygen atoms in total. The fourth-order valence-electron chi connectivity index (χ4n) is 1.56. The van der Waals surface area contributed by atoms with Crippen molar-refractivity contribution in [3.8, 4) is 5.75 Å². The number of halogens is 2. The van der Waals surface area contributed by atoms with Crippen LogP contribution in [-0.4, -0.2) is 53.6 Å². The molecule has 0 aliphatic heterocycles. The van der Waals surface area contributed by atoms with Crippen molar-refractivity contribution in [2.45, 2.75) is 6.43 Å². The summed E-state index contributed by atoms with van der Waals surface area (Å²) < 4.78 is 29.8. The zero-order chi connectivity index (χ0) is 15.8. The Morgan fingerprint density at radius 2 is 2.00 bits per heavy atom. The van der Waals surface area contributed by atoms with Gasteiger partial charge in [0.2, 0.25) is 0 Å². The van der Waals surface area contributed by atoms with Crippen molar-refractivity contribution in [1.29, 1.82) is 0 Å². The van der Waals surface area contributed by atoms with Crippen LogP contribution in [0.15, 0.2) is 24.3 Å². The van der Waals surface area contributed by atoms with E-state index in [9.17, 15) is 13.6 Å². The third-order valence-corrected chi connectivity index (χ3v) is 2.82. The molecule has 116 valence electrons. The number of hydrogen-bond acceptors (Lipinski definition) is 4. The van der Waals surface area contributed by atoms with E-state index in [1.165, 1.54) is 0 Å². The normalized spacial score (nSPS) is 10.5. The minimum absolute atomic E-state index is 0.160. The summed E-state index contributed by atoms with van der Waals surface area (Å²) in [6.45, 7) is -1.67. The van der Waals surface area contributed by atoms with Crippen LogP contribution in [0.4, 0.5) is 8.78 Å². The molecule has 0 unspecified atom stereocenters. The van der Waals surface area contributed by atoms with Gasteiger partial charge in [0.15, 0.2) is 6.61 Å². The largest absolute Gasteiger partial charge is 0.484 e. The fourth-order valence-corrected chi connectivity index (χ4v) is 1.69. The van der Waals surface area contributed by atoms with Gasteiger partial charge >= 0.3 is 0 Å². The number of rotatable bonds is 8. The van der Waals surface area contributed by atoms with Gasteiger partial charge < -0.3 is 20.5 Å². The number of hydrogen-bond donors (Lipinski definition) is 2. The molecule has 0 aromatic heterocycles. The van der Waals surface area contributed by atoms with Crippen LogP contribution in [0, 0.1) is 0 Å². The molecular formula is C13H16F2N2O3S. The summed E-state index contributed by atoms with van der Waals surface area (Å²) in [5, 5.41) is 8.76. The monoisotopic (exact) mass is 318 g/mol. The minimum atomic E-state index is -2.66. The van der Waals surface area contributed by atoms with Gasteiger partial charge in [0.05, 0.1) is 13.2 Å². The molecule has 0 radical (unpaired) electrons. The molecule has 0 fully saturated rings. The summed E-state index contributed by atoms with van der Waals surface area (Å²) in [6, 6.07) is 6.41. The summed E-state index contributed by atoms with van der Waals surface area (Å²) in [7, 11) is 0. The number of amides is 1. The maximum atomic E-state index is 12.3. The first kappa shape index (κ1) is 17.3. The molecule has 1 rings (SSSR count). The number of aliphatic hydroxyl groups excluding tert-OH is 1. The van der Waals surface area contributed by atoms with Gasteiger partial charge in [-0.25, -0.2) is 8.78 Å². The van der Waals surface area contributed by atoms with Crippen LogP contribution in [0.3, 0.4) is 0 Å². The molecule has 0 saturated carbocycles. The number of aliphatic hydroxyl groups is 1. The first-order valence-corrected chi connectivity index (χ1v) is 6.54. The molecule has 0 atom stereocenters. The first-order valence-electron chi connectivity index (χ1n) is 6.13. The van der Waals surface area contributed by atoms with Crippen molar-refractivity contribution in [3.63, 3.8) is 0 Å². The van der Waals surface area contributed by atoms with Crippen LogP contribution in [0.2, 0.25) is 0 Å². The lowest BCUT2D eigenvalue weighted by atomic mass is 10.2. The van der Waals surface area contributed by atoms with Crippen molar-refractivity contribution < 1.29 is 23.4 Å². The average Bonchev–Trinajstić information content (AvgIpc) is 2.44. The molecule has 1 aromatic rings. The fraction of sp³-hybridized carbons (Fsp3) is 0.385. The summed E-state index contributed by atoms with van der Waals surface area (Å²) in [5.74, 6) is -0.230. The topological polar surface area (TPSA) is 75.8 Å². The van der Waals surface area contributed by atoms with Gasteiger partial charge in [0.25, 0.3) is 12.3 Å². The second-order valence-electron chi connectivity index (χ2n) is 4.13. The number of ether oxygens (including phenoxy) is 1. The Hall–Kier alpha value is -1.80. The van der Waals surface area contributed by atoms with Gasteiger partial charge in [-0.1, -0.05) is 12.2 Å². The highest BCUT2D eigenvalue weighted by Crippen LogP contribution is 2.12. The Bertz CT molecular complexity index is 483. The summed E-state index contributed by atoms with van der Waals surface area (Å²) in [6.07, 6.45) is -2.66. The number of carbonyl (C=O) groups excluding carboxylic acids is 1. The third-order valence-electron chi connectivity index (χ3n) is 2.58. The molecule has 3 N–H and O–H groups in total. The van der Waals surface area contributed by atoms with Crippen molar-refractivity contribution >= 4 is 23.1 Å². The van der Waals surface area contributed by atoms with Crippen LogP contribution < -0.4 is 10.5 Å². The maximum absolute atomic E-state index is 12.3. The number of carbonyl (C=O) groups is 1. The first-order chi connectivity index (χ1) is 9.93. The number of nitrogens with zero attached hydrogens (tertiary/aromatic N) is 1. The Morgan fingerprint density at radius 1 is 1.38 bits per heavy atom. The quantitative estimate of drug-likeness (QED) is 0.693. The van der Waals surface area contributed by atoms with E-state index in [2.05, 4.69) is 0 Å². The van der Waals surface area contributed by atoms with Gasteiger partial charge in [-0.15, -0.1) is 0 Å². The number of benzene rings is 1. The number of nitrogens with two attached hydrogens (primary N) is 1. The van der Waals surface area contributed by atoms with E-state index in [4.69, 9.17) is 27.8 Å². The standard InChI is InChI=1S/C13H16F2N2O3S/c14-11(15)7-17(5-6-18)12(19)8-20-10-3-1-9(2-4-10)13(16)21/h1-4,11,18H,5-8H2,(H2,16,21). The molecule has 0 spiro atoms. The lowest BCUT2D eigenvalue weighted by Gasteiger charge is -2.21. The lowest BCUT2D eigenvalue weighted by molar-refractivity contribution is -0.135. The number of alkyl halides is 2. The summed E-state index contributed by atoms with van der Waals surface area (Å²) >= 11 is 4.80. The van der Waals surface area contributed by atoms with Crippen LogP contribution >= 0.6 is 12.2 Å². The second kappa shape index (κ2) is 8.48. The lowest BCUT2D eigenvalue weighted by Crippen LogP contribution is -2.40. The van der Waals surface area contributed by atoms with E-state index in [1.54, 1.807) is 24.3 Å². The second-order valence-corrected chi connectivity index (χ2v) is 4.57. The molecule has 0 heterocycles. The van der Waals surface area contributed by atoms with E-state index in [-0.39, 0.29) is 24.7 Å². The SMILES string of the molecule is NC(=S)c1ccc(OCC(=O)N(CCO)CC(F)F)cc1. The highest BCUT2D eigenvalue weighted by molar-refractivity contribution is 7.80. The van der Waals surface area contributed by atoms with E-state index in [1.807, 2.05) is 0 Å². The molecule has 1 aromatic carbocycles. The third kappa shape index (κ3) is 6.01. The minimum Gasteiger partial charge on any atom is -0.484 e. The predicted octanol–water partition coefficient (Wildman–Crippen LogP) is 0.786. The van der Waals surface area contributed by atoms with E-state index >= 15 is 0 Å². The van der Waals surface area contributed by atoms with Crippen LogP contribution in [0.1, 0.15) is 5.56 Å². The van der Waals surface area contributed by atoms with Crippen molar-refractivity contribution in [1.82, 2.24) is 4.90 Å². The van der Waals surface area contributed by atoms with Crippen LogP contribution in [0.5, 0.6) is 5.75 Å². The average molecular weight is 318 g/mol. The van der Waals surface area contributed by atoms with Crippen LogP contribution in [-0.2, 0) is 4.79 Å². The zero-order valence-corrected chi connectivity index (χ0v) is 12.0. The Labute approximate surface area is 126 Å². The molecule has 0 aliphatic carbocycles. The van der Waals surface area contributed by atoms with Gasteiger partial charge in [0, 0.05) is 12.1 Å². The van der Waals surface area contributed by atoms with Gasteiger partial charge in [-0.05, 0) is 24.3 Å². The molecule has 0 bridgehead atoms. The van der Waals surface area contributed by atoms with Crippen molar-refractivity contribution in [2.24, 2.45) is 5.73 Å². The van der Waals surface area contributed by atoms with Crippen molar-refractivity contribution in [3.05, 3.63) is 29.8 Å². The van der Waals surface area contributed by atoms with E-state index in [0.717, 1.165) is 4.90 Å². The van der Waals surface area contributed by atoms with Crippen molar-refractivity contribution in [2.75, 3.05) is 26.3 Å². The van der Waals surface area contributed by atoms with Crippen LogP contribution in [0.25, 0.3) is 0 Å². The smallest absolute Gasteiger partial charge is 0.260 e. The zero-order valence-electron chi connectivity index (χ0n) is 11.2. The molecule has 21 heavy (non-hydrogen) atoms. The predicted molar refractivity (Wildman–Crippen MR) is 77.5 cm³/mol. The molecular weight excluding hydrogens is 302 g/mol. The van der Waals surface area contributed by atoms with Gasteiger partial charge in [-0.2, -0.15) is 0 Å². The summed E-state index contributed by atoms with van der Waals surface area (Å²) in [5.41, 5.74) is 6.10. The van der Waals surface area contributed by atoms with Gasteiger partial charge in [0.1, 0.15) is 10.7 Å². The molecule has 1 amide bonds. The summed E-state index contributed by atoms with van der Waals surface area (Å²) in [4.78, 5) is 12.8. The molecule has 0 saturated heterocycles. The Balaban J connectivity index is 2.55.